The summed E-state index contributed by atoms with van der Waals surface area (Å²) >= 11 is 5.72. The lowest BCUT2D eigenvalue weighted by atomic mass is 10.3. The molecule has 0 bridgehead atoms. The molecule has 1 aromatic heterocycles. The van der Waals surface area contributed by atoms with E-state index in [1.165, 1.54) is 35.9 Å². The monoisotopic (exact) mass is 329 g/mol. The van der Waals surface area contributed by atoms with Crippen LogP contribution in [-0.4, -0.2) is 40.2 Å². The Hall–Kier alpha value is -1.93. The number of aryl methyl sites for hydroxylation is 1. The van der Waals surface area contributed by atoms with Gasteiger partial charge < -0.3 is 5.11 Å². The highest BCUT2D eigenvalue weighted by molar-refractivity contribution is 7.91. The van der Waals surface area contributed by atoms with Crippen LogP contribution in [-0.2, 0) is 16.4 Å². The summed E-state index contributed by atoms with van der Waals surface area (Å²) in [5.41, 5.74) is 0.132. The minimum absolute atomic E-state index is 0.0249. The molecule has 0 amide bonds. The van der Waals surface area contributed by atoms with Crippen molar-refractivity contribution < 1.29 is 18.3 Å². The second-order valence-corrected chi connectivity index (χ2v) is 6.87. The van der Waals surface area contributed by atoms with Gasteiger partial charge in [0.25, 0.3) is 0 Å². The molecule has 1 aromatic carbocycles. The van der Waals surface area contributed by atoms with Crippen LogP contribution < -0.4 is 0 Å². The van der Waals surface area contributed by atoms with Gasteiger partial charge in [-0.05, 0) is 31.2 Å². The maximum absolute atomic E-state index is 12.1. The molecule has 1 N–H and O–H groups in total. The molecular formula is C12H12ClN3O4S. The molecule has 21 heavy (non-hydrogen) atoms. The van der Waals surface area contributed by atoms with Crippen LogP contribution in [0.4, 0.5) is 0 Å². The molecule has 7 nitrogen and oxygen atoms in total. The number of carboxylic acids is 1. The second-order valence-electron chi connectivity index (χ2n) is 4.32. The Kier molecular flexibility index (Phi) is 4.29. The molecule has 0 fully saturated rings. The molecule has 0 spiro atoms. The number of aromatic nitrogens is 3. The Morgan fingerprint density at radius 2 is 1.95 bits per heavy atom. The molecule has 1 heterocycles. The lowest BCUT2D eigenvalue weighted by Gasteiger charge is -2.06. The molecule has 0 aliphatic rings. The van der Waals surface area contributed by atoms with Gasteiger partial charge in [0.1, 0.15) is 0 Å². The standard InChI is InChI=1S/C12H12ClN3O4S/c1-8-11(12(17)18)14-15-16(8)6-7-21(19,20)10-4-2-9(13)3-5-10/h2-5H,6-7H2,1H3,(H,17,18). The predicted molar refractivity (Wildman–Crippen MR) is 75.2 cm³/mol. The topological polar surface area (TPSA) is 102 Å². The van der Waals surface area contributed by atoms with Gasteiger partial charge in [-0.25, -0.2) is 17.9 Å². The zero-order valence-electron chi connectivity index (χ0n) is 11.0. The number of sulfone groups is 1. The largest absolute Gasteiger partial charge is 0.476 e. The third-order valence-electron chi connectivity index (χ3n) is 2.93. The molecular weight excluding hydrogens is 318 g/mol. The molecule has 0 atom stereocenters. The normalized spacial score (nSPS) is 11.5. The summed E-state index contributed by atoms with van der Waals surface area (Å²) in [5.74, 6) is -1.41. The van der Waals surface area contributed by atoms with Gasteiger partial charge in [0.05, 0.1) is 22.9 Å². The average Bonchev–Trinajstić information content (AvgIpc) is 2.78. The number of aromatic carboxylic acids is 1. The van der Waals surface area contributed by atoms with Crippen molar-refractivity contribution in [3.05, 3.63) is 40.7 Å². The van der Waals surface area contributed by atoms with Gasteiger partial charge in [-0.15, -0.1) is 5.10 Å². The van der Waals surface area contributed by atoms with E-state index in [0.717, 1.165) is 0 Å². The first-order valence-electron chi connectivity index (χ1n) is 5.93. The summed E-state index contributed by atoms with van der Waals surface area (Å²) in [7, 11) is -3.50. The SMILES string of the molecule is Cc1c(C(=O)O)nnn1CCS(=O)(=O)c1ccc(Cl)cc1. The first-order chi connectivity index (χ1) is 9.81. The predicted octanol–water partition coefficient (Wildman–Crippen LogP) is 1.41. The molecule has 112 valence electrons. The molecule has 0 radical (unpaired) electrons. The van der Waals surface area contributed by atoms with E-state index in [1.807, 2.05) is 0 Å². The highest BCUT2D eigenvalue weighted by atomic mass is 35.5. The summed E-state index contributed by atoms with van der Waals surface area (Å²) in [6, 6.07) is 5.85. The smallest absolute Gasteiger partial charge is 0.358 e. The number of halogens is 1. The van der Waals surface area contributed by atoms with E-state index in [-0.39, 0.29) is 22.9 Å². The average molecular weight is 330 g/mol. The maximum atomic E-state index is 12.1. The van der Waals surface area contributed by atoms with Crippen molar-refractivity contribution in [2.45, 2.75) is 18.4 Å². The quantitative estimate of drug-likeness (QED) is 0.889. The van der Waals surface area contributed by atoms with Crippen LogP contribution in [0.5, 0.6) is 0 Å². The third kappa shape index (κ3) is 3.40. The van der Waals surface area contributed by atoms with Gasteiger partial charge in [0.15, 0.2) is 15.5 Å². The van der Waals surface area contributed by atoms with Crippen LogP contribution in [0.15, 0.2) is 29.2 Å². The Labute approximate surface area is 126 Å². The molecule has 9 heteroatoms. The van der Waals surface area contributed by atoms with Crippen molar-refractivity contribution in [1.82, 2.24) is 15.0 Å². The van der Waals surface area contributed by atoms with Gasteiger partial charge in [-0.3, -0.25) is 0 Å². The Morgan fingerprint density at radius 1 is 1.33 bits per heavy atom. The highest BCUT2D eigenvalue weighted by Crippen LogP contribution is 2.16. The summed E-state index contributed by atoms with van der Waals surface area (Å²) in [5, 5.41) is 16.5. The van der Waals surface area contributed by atoms with Crippen LogP contribution in [0, 0.1) is 6.92 Å². The summed E-state index contributed by atoms with van der Waals surface area (Å²) in [6.07, 6.45) is 0. The second kappa shape index (κ2) is 5.82. The Balaban J connectivity index is 2.15. The van der Waals surface area contributed by atoms with E-state index < -0.39 is 15.8 Å². The van der Waals surface area contributed by atoms with Crippen LogP contribution in [0.3, 0.4) is 0 Å². The fourth-order valence-corrected chi connectivity index (χ4v) is 3.06. The molecule has 0 aliphatic heterocycles. The zero-order valence-corrected chi connectivity index (χ0v) is 12.6. The van der Waals surface area contributed by atoms with Crippen molar-refractivity contribution in [1.29, 1.82) is 0 Å². The molecule has 0 unspecified atom stereocenters. The van der Waals surface area contributed by atoms with E-state index in [1.54, 1.807) is 0 Å². The van der Waals surface area contributed by atoms with Crippen LogP contribution in [0.2, 0.25) is 5.02 Å². The van der Waals surface area contributed by atoms with Gasteiger partial charge in [0.2, 0.25) is 0 Å². The van der Waals surface area contributed by atoms with Gasteiger partial charge in [0, 0.05) is 5.02 Å². The minimum atomic E-state index is -3.50. The van der Waals surface area contributed by atoms with Crippen LogP contribution in [0.25, 0.3) is 0 Å². The van der Waals surface area contributed by atoms with Crippen molar-refractivity contribution in [2.24, 2.45) is 0 Å². The molecule has 2 aromatic rings. The third-order valence-corrected chi connectivity index (χ3v) is 4.89. The van der Waals surface area contributed by atoms with Crippen molar-refractivity contribution >= 4 is 27.4 Å². The van der Waals surface area contributed by atoms with E-state index in [0.29, 0.717) is 10.7 Å². The van der Waals surface area contributed by atoms with Crippen LogP contribution in [0.1, 0.15) is 16.2 Å². The number of hydrogen-bond donors (Lipinski definition) is 1. The number of carboxylic acid groups (broad SMARTS) is 1. The van der Waals surface area contributed by atoms with E-state index in [9.17, 15) is 13.2 Å². The van der Waals surface area contributed by atoms with Crippen molar-refractivity contribution in [3.63, 3.8) is 0 Å². The lowest BCUT2D eigenvalue weighted by molar-refractivity contribution is 0.0689. The van der Waals surface area contributed by atoms with E-state index in [4.69, 9.17) is 16.7 Å². The van der Waals surface area contributed by atoms with Crippen molar-refractivity contribution in [2.75, 3.05) is 5.75 Å². The summed E-state index contributed by atoms with van der Waals surface area (Å²) in [6.45, 7) is 1.55. The van der Waals surface area contributed by atoms with E-state index >= 15 is 0 Å². The number of nitrogens with zero attached hydrogens (tertiary/aromatic N) is 3. The first-order valence-corrected chi connectivity index (χ1v) is 7.96. The fraction of sp³-hybridized carbons (Fsp3) is 0.250. The number of carbonyl (C=O) groups is 1. The van der Waals surface area contributed by atoms with Gasteiger partial charge in [-0.1, -0.05) is 16.8 Å². The number of rotatable bonds is 5. The zero-order chi connectivity index (χ0) is 15.6. The molecule has 0 saturated heterocycles. The van der Waals surface area contributed by atoms with E-state index in [2.05, 4.69) is 10.3 Å². The minimum Gasteiger partial charge on any atom is -0.476 e. The Bertz CT molecular complexity index is 768. The number of benzene rings is 1. The number of hydrogen-bond acceptors (Lipinski definition) is 5. The molecule has 0 aliphatic carbocycles. The maximum Gasteiger partial charge on any atom is 0.358 e. The van der Waals surface area contributed by atoms with Crippen molar-refractivity contribution in [3.8, 4) is 0 Å². The Morgan fingerprint density at radius 3 is 2.48 bits per heavy atom. The first kappa shape index (κ1) is 15.5. The summed E-state index contributed by atoms with van der Waals surface area (Å²) in [4.78, 5) is 11.0. The lowest BCUT2D eigenvalue weighted by Crippen LogP contribution is -2.15. The molecule has 0 saturated carbocycles. The highest BCUT2D eigenvalue weighted by Gasteiger charge is 2.18. The van der Waals surface area contributed by atoms with Gasteiger partial charge >= 0.3 is 5.97 Å². The summed E-state index contributed by atoms with van der Waals surface area (Å²) < 4.78 is 25.6. The fourth-order valence-electron chi connectivity index (χ4n) is 1.74. The van der Waals surface area contributed by atoms with Gasteiger partial charge in [-0.2, -0.15) is 0 Å². The molecule has 2 rings (SSSR count). The van der Waals surface area contributed by atoms with Crippen LogP contribution >= 0.6 is 11.6 Å².